The number of hydrogen-bond acceptors (Lipinski definition) is 6. The van der Waals surface area contributed by atoms with Crippen LogP contribution in [0.1, 0.15) is 25.2 Å². The Morgan fingerprint density at radius 3 is 2.43 bits per heavy atom. The average molecular weight is 379 g/mol. The van der Waals surface area contributed by atoms with Crippen LogP contribution in [0.25, 0.3) is 22.6 Å². The molecule has 1 aromatic carbocycles. The number of imidazole rings is 1. The summed E-state index contributed by atoms with van der Waals surface area (Å²) in [5, 5.41) is 0. The summed E-state index contributed by atoms with van der Waals surface area (Å²) < 4.78 is 13.7. The van der Waals surface area contributed by atoms with Gasteiger partial charge in [-0.3, -0.25) is 0 Å². The van der Waals surface area contributed by atoms with Crippen LogP contribution in [0.5, 0.6) is 0 Å². The largest absolute Gasteiger partial charge is 0.378 e. The predicted molar refractivity (Wildman–Crippen MR) is 108 cm³/mol. The van der Waals surface area contributed by atoms with E-state index in [2.05, 4.69) is 54.5 Å². The van der Waals surface area contributed by atoms with Crippen molar-refractivity contribution in [2.75, 3.05) is 37.8 Å². The molecule has 3 aromatic rings. The van der Waals surface area contributed by atoms with Crippen LogP contribution < -0.4 is 4.90 Å². The first-order valence-corrected chi connectivity index (χ1v) is 9.85. The summed E-state index contributed by atoms with van der Waals surface area (Å²) in [5.41, 5.74) is 3.54. The third-order valence-corrected chi connectivity index (χ3v) is 5.51. The van der Waals surface area contributed by atoms with Gasteiger partial charge in [-0.25, -0.2) is 15.0 Å². The first kappa shape index (κ1) is 17.6. The van der Waals surface area contributed by atoms with Crippen LogP contribution in [0.2, 0.25) is 0 Å². The molecule has 1 saturated heterocycles. The molecular weight excluding hydrogens is 354 g/mol. The number of ether oxygens (including phenoxy) is 2. The molecule has 0 unspecified atom stereocenters. The minimum absolute atomic E-state index is 0.439. The number of aromatic nitrogens is 4. The zero-order valence-corrected chi connectivity index (χ0v) is 16.6. The van der Waals surface area contributed by atoms with Gasteiger partial charge in [0, 0.05) is 25.2 Å². The molecule has 4 heterocycles. The highest BCUT2D eigenvalue weighted by Crippen LogP contribution is 2.35. The van der Waals surface area contributed by atoms with Gasteiger partial charge in [0.05, 0.1) is 19.8 Å². The number of morpholine rings is 1. The maximum absolute atomic E-state index is 5.97. The molecule has 0 radical (unpaired) electrons. The van der Waals surface area contributed by atoms with Crippen molar-refractivity contribution in [3.63, 3.8) is 0 Å². The van der Waals surface area contributed by atoms with Crippen molar-refractivity contribution in [1.82, 2.24) is 19.5 Å². The van der Waals surface area contributed by atoms with E-state index in [1.807, 2.05) is 0 Å². The molecule has 0 aliphatic carbocycles. The summed E-state index contributed by atoms with van der Waals surface area (Å²) in [7, 11) is 0. The molecule has 28 heavy (non-hydrogen) atoms. The monoisotopic (exact) mass is 379 g/mol. The van der Waals surface area contributed by atoms with Crippen molar-refractivity contribution in [3.05, 3.63) is 35.7 Å². The highest BCUT2D eigenvalue weighted by atomic mass is 16.5. The molecule has 0 spiro atoms. The molecule has 2 aromatic heterocycles. The Morgan fingerprint density at radius 1 is 0.929 bits per heavy atom. The molecule has 0 amide bonds. The maximum Gasteiger partial charge on any atom is 0.166 e. The minimum atomic E-state index is -0.439. The van der Waals surface area contributed by atoms with E-state index < -0.39 is 5.60 Å². The van der Waals surface area contributed by atoms with Crippen LogP contribution in [0.3, 0.4) is 0 Å². The van der Waals surface area contributed by atoms with Crippen LogP contribution in [0.15, 0.2) is 24.3 Å². The SMILES string of the molecule is Cc1ccc(-c2nc(N3CCOCC3)c3nc4n(c3n2)CCOC4(C)C)cc1. The van der Waals surface area contributed by atoms with Crippen LogP contribution in [-0.4, -0.2) is 52.4 Å². The second-order valence-corrected chi connectivity index (χ2v) is 7.95. The van der Waals surface area contributed by atoms with Gasteiger partial charge in [0.15, 0.2) is 22.8 Å². The average Bonchev–Trinajstić information content (AvgIpc) is 3.09. The molecule has 5 rings (SSSR count). The summed E-state index contributed by atoms with van der Waals surface area (Å²) in [6.07, 6.45) is 0. The van der Waals surface area contributed by atoms with E-state index in [-0.39, 0.29) is 0 Å². The number of aryl methyl sites for hydroxylation is 1. The van der Waals surface area contributed by atoms with E-state index in [9.17, 15) is 0 Å². The van der Waals surface area contributed by atoms with Gasteiger partial charge in [0.1, 0.15) is 11.4 Å². The maximum atomic E-state index is 5.97. The van der Waals surface area contributed by atoms with Gasteiger partial charge in [-0.05, 0) is 20.8 Å². The van der Waals surface area contributed by atoms with Gasteiger partial charge in [0.25, 0.3) is 0 Å². The Hall–Kier alpha value is -2.51. The Bertz CT molecular complexity index is 1020. The zero-order chi connectivity index (χ0) is 19.3. The lowest BCUT2D eigenvalue weighted by Gasteiger charge is -2.30. The predicted octanol–water partition coefficient (Wildman–Crippen LogP) is 2.90. The van der Waals surface area contributed by atoms with Gasteiger partial charge in [-0.1, -0.05) is 29.8 Å². The van der Waals surface area contributed by atoms with Gasteiger partial charge in [-0.2, -0.15) is 0 Å². The van der Waals surface area contributed by atoms with Crippen LogP contribution in [0, 0.1) is 6.92 Å². The first-order valence-electron chi connectivity index (χ1n) is 9.85. The van der Waals surface area contributed by atoms with E-state index in [0.29, 0.717) is 19.8 Å². The number of hydrogen-bond donors (Lipinski definition) is 0. The highest BCUT2D eigenvalue weighted by Gasteiger charge is 2.34. The van der Waals surface area contributed by atoms with Crippen molar-refractivity contribution in [1.29, 1.82) is 0 Å². The topological polar surface area (TPSA) is 65.3 Å². The molecule has 0 bridgehead atoms. The van der Waals surface area contributed by atoms with E-state index in [0.717, 1.165) is 53.8 Å². The number of fused-ring (bicyclic) bond motifs is 3. The van der Waals surface area contributed by atoms with E-state index >= 15 is 0 Å². The summed E-state index contributed by atoms with van der Waals surface area (Å²) >= 11 is 0. The number of anilines is 1. The van der Waals surface area contributed by atoms with Gasteiger partial charge < -0.3 is 18.9 Å². The highest BCUT2D eigenvalue weighted by molar-refractivity contribution is 5.86. The van der Waals surface area contributed by atoms with Gasteiger partial charge in [0.2, 0.25) is 0 Å². The summed E-state index contributed by atoms with van der Waals surface area (Å²) in [5.74, 6) is 2.54. The van der Waals surface area contributed by atoms with Gasteiger partial charge in [-0.15, -0.1) is 0 Å². The molecule has 146 valence electrons. The lowest BCUT2D eigenvalue weighted by molar-refractivity contribution is -0.0530. The molecule has 7 heteroatoms. The molecule has 0 saturated carbocycles. The lowest BCUT2D eigenvalue weighted by Crippen LogP contribution is -2.37. The smallest absolute Gasteiger partial charge is 0.166 e. The number of benzene rings is 1. The van der Waals surface area contributed by atoms with Gasteiger partial charge >= 0.3 is 0 Å². The summed E-state index contributed by atoms with van der Waals surface area (Å²) in [4.78, 5) is 17.1. The van der Waals surface area contributed by atoms with Crippen molar-refractivity contribution >= 4 is 17.0 Å². The van der Waals surface area contributed by atoms with Crippen LogP contribution in [-0.2, 0) is 21.6 Å². The normalized spacial score (nSPS) is 19.0. The fraction of sp³-hybridized carbons (Fsp3) is 0.476. The fourth-order valence-corrected chi connectivity index (χ4v) is 3.94. The zero-order valence-electron chi connectivity index (χ0n) is 16.6. The second kappa shape index (κ2) is 6.53. The fourth-order valence-electron chi connectivity index (χ4n) is 3.94. The van der Waals surface area contributed by atoms with Crippen LogP contribution in [0.4, 0.5) is 5.82 Å². The molecule has 0 N–H and O–H groups in total. The molecular formula is C21H25N5O2. The summed E-state index contributed by atoms with van der Waals surface area (Å²) in [6, 6.07) is 8.36. The number of nitrogens with zero attached hydrogens (tertiary/aromatic N) is 5. The molecule has 7 nitrogen and oxygen atoms in total. The third-order valence-electron chi connectivity index (χ3n) is 5.51. The first-order chi connectivity index (χ1) is 13.5. The van der Waals surface area contributed by atoms with E-state index in [4.69, 9.17) is 24.4 Å². The molecule has 2 aliphatic heterocycles. The third kappa shape index (κ3) is 2.86. The Balaban J connectivity index is 1.75. The molecule has 0 atom stereocenters. The number of rotatable bonds is 2. The Labute approximate surface area is 164 Å². The van der Waals surface area contributed by atoms with Crippen molar-refractivity contribution in [3.8, 4) is 11.4 Å². The van der Waals surface area contributed by atoms with Crippen molar-refractivity contribution < 1.29 is 9.47 Å². The standard InChI is InChI=1S/C21H25N5O2/c1-14-4-6-15(7-5-14)17-23-18(25-8-11-27-12-9-25)16-19(24-17)26-10-13-28-21(2,3)20(26)22-16/h4-7H,8-13H2,1-3H3. The summed E-state index contributed by atoms with van der Waals surface area (Å²) in [6.45, 7) is 10.6. The van der Waals surface area contributed by atoms with Crippen molar-refractivity contribution in [2.45, 2.75) is 32.9 Å². The Kier molecular flexibility index (Phi) is 4.10. The van der Waals surface area contributed by atoms with E-state index in [1.54, 1.807) is 0 Å². The molecule has 2 aliphatic rings. The van der Waals surface area contributed by atoms with E-state index in [1.165, 1.54) is 5.56 Å². The second-order valence-electron chi connectivity index (χ2n) is 7.95. The quantitative estimate of drug-likeness (QED) is 0.682. The molecule has 1 fully saturated rings. The Morgan fingerprint density at radius 2 is 1.68 bits per heavy atom. The van der Waals surface area contributed by atoms with Crippen LogP contribution >= 0.6 is 0 Å². The minimum Gasteiger partial charge on any atom is -0.378 e. The van der Waals surface area contributed by atoms with Crippen molar-refractivity contribution in [2.24, 2.45) is 0 Å². The lowest BCUT2D eigenvalue weighted by atomic mass is 10.1.